The third kappa shape index (κ3) is 5.06. The predicted octanol–water partition coefficient (Wildman–Crippen LogP) is -0.289. The van der Waals surface area contributed by atoms with Gasteiger partial charge in [0.1, 0.15) is 0 Å². The zero-order valence-electron chi connectivity index (χ0n) is 14.5. The summed E-state index contributed by atoms with van der Waals surface area (Å²) in [5, 5.41) is 54.3. The molecular formula is C16H12O14. The molecule has 0 unspecified atom stereocenters. The van der Waals surface area contributed by atoms with Gasteiger partial charge in [-0.25, -0.2) is 24.0 Å². The lowest BCUT2D eigenvalue weighted by atomic mass is 9.94. The molecule has 0 saturated heterocycles. The van der Waals surface area contributed by atoms with E-state index in [9.17, 15) is 43.8 Å². The van der Waals surface area contributed by atoms with Crippen LogP contribution in [0.2, 0.25) is 0 Å². The molecule has 1 aromatic rings. The Morgan fingerprint density at radius 2 is 0.967 bits per heavy atom. The largest absolute Gasteiger partial charge is 0.481 e. The molecular weight excluding hydrogens is 416 g/mol. The van der Waals surface area contributed by atoms with E-state index in [2.05, 4.69) is 4.74 Å². The van der Waals surface area contributed by atoms with E-state index in [1.165, 1.54) is 0 Å². The van der Waals surface area contributed by atoms with Gasteiger partial charge in [0.25, 0.3) is 0 Å². The average molecular weight is 428 g/mol. The molecule has 0 fully saturated rings. The fraction of sp³-hybridized carbons (Fsp3) is 0.188. The second-order valence-corrected chi connectivity index (χ2v) is 5.69. The first-order valence-electron chi connectivity index (χ1n) is 7.50. The number of aliphatic carboxylic acids is 3. The first-order chi connectivity index (χ1) is 13.7. The number of rotatable bonds is 10. The lowest BCUT2D eigenvalue weighted by Crippen LogP contribution is -2.47. The van der Waals surface area contributed by atoms with Crippen LogP contribution in [0.3, 0.4) is 0 Å². The number of hydrogen-bond donors (Lipinski definition) is 6. The average Bonchev–Trinajstić information content (AvgIpc) is 2.58. The van der Waals surface area contributed by atoms with E-state index in [1.807, 2.05) is 0 Å². The molecule has 30 heavy (non-hydrogen) atoms. The van der Waals surface area contributed by atoms with E-state index in [-0.39, 0.29) is 6.07 Å². The van der Waals surface area contributed by atoms with Crippen LogP contribution in [0.1, 0.15) is 54.3 Å². The van der Waals surface area contributed by atoms with Crippen LogP contribution >= 0.6 is 0 Å². The van der Waals surface area contributed by atoms with Gasteiger partial charge in [-0.15, -0.1) is 0 Å². The predicted molar refractivity (Wildman–Crippen MR) is 87.6 cm³/mol. The molecule has 6 N–H and O–H groups in total. The number of ether oxygens (including phenoxy) is 1. The van der Waals surface area contributed by atoms with Gasteiger partial charge in [0.15, 0.2) is 0 Å². The van der Waals surface area contributed by atoms with Crippen molar-refractivity contribution in [1.82, 2.24) is 0 Å². The number of carboxylic acid groups (broad SMARTS) is 6. The molecule has 0 aromatic heterocycles. The fourth-order valence-corrected chi connectivity index (χ4v) is 2.35. The Morgan fingerprint density at radius 1 is 0.633 bits per heavy atom. The maximum absolute atomic E-state index is 12.4. The highest BCUT2D eigenvalue weighted by molar-refractivity contribution is 6.10. The standard InChI is InChI=1S/C16H12O14/c17-9(18)3-16(15(28)29,4-10(19)20)30-14(27)8-2-6(12(23)24)5(11(21)22)1-7(8)13(25)26/h1-2H,3-4H2,(H,17,18)(H,19,20)(H,21,22)(H,23,24)(H,25,26)(H,28,29). The first-order valence-corrected chi connectivity index (χ1v) is 7.50. The number of hydrogen-bond acceptors (Lipinski definition) is 8. The van der Waals surface area contributed by atoms with Crippen molar-refractivity contribution in [2.75, 3.05) is 0 Å². The summed E-state index contributed by atoms with van der Waals surface area (Å²) in [6, 6.07) is 0.591. The normalized spacial score (nSPS) is 10.7. The molecule has 14 heteroatoms. The summed E-state index contributed by atoms with van der Waals surface area (Å²) >= 11 is 0. The monoisotopic (exact) mass is 428 g/mol. The molecule has 0 spiro atoms. The van der Waals surface area contributed by atoms with Crippen molar-refractivity contribution in [2.24, 2.45) is 0 Å². The molecule has 160 valence electrons. The molecule has 0 saturated carbocycles. The summed E-state index contributed by atoms with van der Waals surface area (Å²) in [5.41, 5.74) is -7.48. The van der Waals surface area contributed by atoms with Gasteiger partial charge in [0, 0.05) is 0 Å². The minimum absolute atomic E-state index is 0.283. The van der Waals surface area contributed by atoms with Gasteiger partial charge in [-0.2, -0.15) is 0 Å². The van der Waals surface area contributed by atoms with Gasteiger partial charge in [-0.05, 0) is 12.1 Å². The van der Waals surface area contributed by atoms with E-state index in [4.69, 9.17) is 20.4 Å². The first kappa shape index (κ1) is 23.5. The third-order valence-electron chi connectivity index (χ3n) is 3.62. The summed E-state index contributed by atoms with van der Waals surface area (Å²) in [5.74, 6) is -13.5. The van der Waals surface area contributed by atoms with Gasteiger partial charge in [0.2, 0.25) is 5.60 Å². The highest BCUT2D eigenvalue weighted by Crippen LogP contribution is 2.26. The zero-order valence-corrected chi connectivity index (χ0v) is 14.5. The quantitative estimate of drug-likeness (QED) is 0.262. The molecule has 0 aliphatic rings. The number of carbonyl (C=O) groups is 7. The van der Waals surface area contributed by atoms with Crippen molar-refractivity contribution < 1.29 is 68.9 Å². The molecule has 0 radical (unpaired) electrons. The fourth-order valence-electron chi connectivity index (χ4n) is 2.35. The number of carbonyl (C=O) groups excluding carboxylic acids is 1. The third-order valence-corrected chi connectivity index (χ3v) is 3.62. The molecule has 0 amide bonds. The number of aromatic carboxylic acids is 3. The van der Waals surface area contributed by atoms with E-state index < -0.39 is 82.5 Å². The molecule has 0 aliphatic heterocycles. The molecule has 14 nitrogen and oxygen atoms in total. The van der Waals surface area contributed by atoms with Crippen LogP contribution in [0.15, 0.2) is 12.1 Å². The van der Waals surface area contributed by atoms with Crippen LogP contribution in [0, 0.1) is 0 Å². The minimum Gasteiger partial charge on any atom is -0.481 e. The summed E-state index contributed by atoms with van der Waals surface area (Å²) in [6.07, 6.45) is -3.05. The van der Waals surface area contributed by atoms with Gasteiger partial charge in [-0.3, -0.25) is 9.59 Å². The van der Waals surface area contributed by atoms with E-state index in [0.29, 0.717) is 6.07 Å². The second-order valence-electron chi connectivity index (χ2n) is 5.69. The van der Waals surface area contributed by atoms with E-state index in [0.717, 1.165) is 0 Å². The van der Waals surface area contributed by atoms with Crippen molar-refractivity contribution in [3.05, 3.63) is 34.4 Å². The topological polar surface area (TPSA) is 250 Å². The highest BCUT2D eigenvalue weighted by atomic mass is 16.6. The maximum atomic E-state index is 12.4. The van der Waals surface area contributed by atoms with Gasteiger partial charge < -0.3 is 35.4 Å². The Kier molecular flexibility index (Phi) is 6.81. The van der Waals surface area contributed by atoms with Crippen LogP contribution in [0.5, 0.6) is 0 Å². The van der Waals surface area contributed by atoms with Crippen molar-refractivity contribution >= 4 is 41.8 Å². The summed E-state index contributed by atoms with van der Waals surface area (Å²) < 4.78 is 4.53. The van der Waals surface area contributed by atoms with Gasteiger partial charge in [0.05, 0.1) is 35.1 Å². The van der Waals surface area contributed by atoms with Crippen LogP contribution < -0.4 is 0 Å². The molecule has 0 atom stereocenters. The molecule has 0 heterocycles. The number of benzene rings is 1. The second kappa shape index (κ2) is 8.68. The maximum Gasteiger partial charge on any atom is 0.349 e. The lowest BCUT2D eigenvalue weighted by Gasteiger charge is -2.26. The molecule has 1 aromatic carbocycles. The molecule has 0 aliphatic carbocycles. The summed E-state index contributed by atoms with van der Waals surface area (Å²) in [6.45, 7) is 0. The Bertz CT molecular complexity index is 956. The summed E-state index contributed by atoms with van der Waals surface area (Å²) in [7, 11) is 0. The van der Waals surface area contributed by atoms with Crippen LogP contribution in [-0.4, -0.2) is 78.0 Å². The summed E-state index contributed by atoms with van der Waals surface area (Å²) in [4.78, 5) is 79.7. The van der Waals surface area contributed by atoms with E-state index >= 15 is 0 Å². The van der Waals surface area contributed by atoms with Crippen LogP contribution in [0.4, 0.5) is 0 Å². The van der Waals surface area contributed by atoms with Crippen molar-refractivity contribution in [2.45, 2.75) is 18.4 Å². The Hall–Kier alpha value is -4.49. The van der Waals surface area contributed by atoms with Crippen molar-refractivity contribution in [1.29, 1.82) is 0 Å². The number of carboxylic acids is 6. The Morgan fingerprint density at radius 3 is 1.27 bits per heavy atom. The number of esters is 1. The van der Waals surface area contributed by atoms with Crippen LogP contribution in [0.25, 0.3) is 0 Å². The van der Waals surface area contributed by atoms with Gasteiger partial charge >= 0.3 is 41.8 Å². The van der Waals surface area contributed by atoms with Gasteiger partial charge in [-0.1, -0.05) is 0 Å². The highest BCUT2D eigenvalue weighted by Gasteiger charge is 2.48. The van der Waals surface area contributed by atoms with Crippen LogP contribution in [-0.2, 0) is 19.1 Å². The Balaban J connectivity index is 3.68. The molecule has 1 rings (SSSR count). The van der Waals surface area contributed by atoms with Crippen molar-refractivity contribution in [3.63, 3.8) is 0 Å². The zero-order chi connectivity index (χ0) is 23.4. The SMILES string of the molecule is O=C(O)CC(CC(=O)O)(OC(=O)c1cc(C(=O)O)c(C(=O)O)cc1C(=O)O)C(=O)O. The minimum atomic E-state index is -3.17. The lowest BCUT2D eigenvalue weighted by molar-refractivity contribution is -0.171. The molecule has 0 bridgehead atoms. The van der Waals surface area contributed by atoms with E-state index in [1.54, 1.807) is 0 Å². The van der Waals surface area contributed by atoms with Crippen molar-refractivity contribution in [3.8, 4) is 0 Å². The Labute approximate surface area is 164 Å². The smallest absolute Gasteiger partial charge is 0.349 e.